The van der Waals surface area contributed by atoms with E-state index in [9.17, 15) is 0 Å². The monoisotopic (exact) mass is 310 g/mol. The number of aromatic nitrogens is 2. The van der Waals surface area contributed by atoms with Gasteiger partial charge in [0.2, 0.25) is 0 Å². The summed E-state index contributed by atoms with van der Waals surface area (Å²) in [6, 6.07) is 8.01. The molecule has 6 heteroatoms. The third-order valence-corrected chi connectivity index (χ3v) is 5.25. The maximum atomic E-state index is 6.38. The van der Waals surface area contributed by atoms with Crippen LogP contribution in [0.2, 0.25) is 5.02 Å². The van der Waals surface area contributed by atoms with Gasteiger partial charge in [-0.05, 0) is 12.5 Å². The molecule has 98 valence electrons. The minimum atomic E-state index is 0.504. The molecule has 0 atom stereocenters. The van der Waals surface area contributed by atoms with Gasteiger partial charge in [-0.25, -0.2) is 0 Å². The van der Waals surface area contributed by atoms with E-state index in [-0.39, 0.29) is 0 Å². The average molecular weight is 311 g/mol. The maximum Gasteiger partial charge on any atom is 0.276 e. The predicted octanol–water partition coefficient (Wildman–Crippen LogP) is 5.11. The molecule has 2 heterocycles. The molecule has 19 heavy (non-hydrogen) atoms. The number of fused-ring (bicyclic) bond motifs is 1. The fourth-order valence-electron chi connectivity index (χ4n) is 1.70. The summed E-state index contributed by atoms with van der Waals surface area (Å²) >= 11 is 9.53. The second-order valence-corrected chi connectivity index (χ2v) is 6.44. The highest BCUT2D eigenvalue weighted by atomic mass is 35.5. The molecule has 3 nitrogen and oxygen atoms in total. The lowest BCUT2D eigenvalue weighted by Crippen LogP contribution is -1.75. The van der Waals surface area contributed by atoms with E-state index in [0.717, 1.165) is 27.1 Å². The van der Waals surface area contributed by atoms with Gasteiger partial charge in [0.25, 0.3) is 11.1 Å². The minimum Gasteiger partial charge on any atom is -0.410 e. The van der Waals surface area contributed by atoms with Gasteiger partial charge in [0.05, 0.1) is 5.02 Å². The minimum absolute atomic E-state index is 0.504. The molecule has 0 bridgehead atoms. The first-order valence-electron chi connectivity index (χ1n) is 5.93. The Morgan fingerprint density at radius 1 is 1.32 bits per heavy atom. The molecule has 0 unspecified atom stereocenters. The van der Waals surface area contributed by atoms with Gasteiger partial charge in [-0.15, -0.1) is 21.5 Å². The number of benzene rings is 1. The summed E-state index contributed by atoms with van der Waals surface area (Å²) in [6.07, 6.45) is 1.08. The second kappa shape index (κ2) is 5.53. The van der Waals surface area contributed by atoms with E-state index in [1.54, 1.807) is 23.1 Å². The third kappa shape index (κ3) is 2.50. The third-order valence-electron chi connectivity index (χ3n) is 2.57. The molecule has 0 radical (unpaired) electrons. The Bertz CT molecular complexity index is 708. The second-order valence-electron chi connectivity index (χ2n) is 3.96. The van der Waals surface area contributed by atoms with Crippen molar-refractivity contribution in [2.24, 2.45) is 0 Å². The largest absolute Gasteiger partial charge is 0.410 e. The lowest BCUT2D eigenvalue weighted by Gasteiger charge is -1.91. The van der Waals surface area contributed by atoms with Crippen molar-refractivity contribution in [3.8, 4) is 10.8 Å². The van der Waals surface area contributed by atoms with Gasteiger partial charge in [0.1, 0.15) is 4.88 Å². The van der Waals surface area contributed by atoms with Gasteiger partial charge in [0, 0.05) is 15.8 Å². The molecule has 3 rings (SSSR count). The Balaban J connectivity index is 1.99. The smallest absolute Gasteiger partial charge is 0.276 e. The van der Waals surface area contributed by atoms with Crippen LogP contribution < -0.4 is 0 Å². The van der Waals surface area contributed by atoms with Crippen LogP contribution in [0.1, 0.15) is 13.3 Å². The number of hydrogen-bond donors (Lipinski definition) is 0. The summed E-state index contributed by atoms with van der Waals surface area (Å²) in [4.78, 5) is 0.846. The van der Waals surface area contributed by atoms with E-state index in [4.69, 9.17) is 16.0 Å². The molecular formula is C13H11ClN2OS2. The Kier molecular flexibility index (Phi) is 3.77. The van der Waals surface area contributed by atoms with E-state index in [1.807, 2.05) is 24.3 Å². The van der Waals surface area contributed by atoms with Crippen LogP contribution in [-0.2, 0) is 0 Å². The SMILES string of the molecule is CCCSc1nnc(-c2sc3ccccc3c2Cl)o1. The van der Waals surface area contributed by atoms with Gasteiger partial charge in [-0.1, -0.05) is 48.5 Å². The van der Waals surface area contributed by atoms with Crippen molar-refractivity contribution in [1.82, 2.24) is 10.2 Å². The standard InChI is InChI=1S/C13H11ClN2OS2/c1-2-7-18-13-16-15-12(17-13)11-10(14)8-5-3-4-6-9(8)19-11/h3-6H,2,7H2,1H3. The zero-order chi connectivity index (χ0) is 13.2. The topological polar surface area (TPSA) is 38.9 Å². The van der Waals surface area contributed by atoms with Crippen molar-refractivity contribution < 1.29 is 4.42 Å². The highest BCUT2D eigenvalue weighted by Crippen LogP contribution is 2.41. The van der Waals surface area contributed by atoms with Crippen LogP contribution in [0.5, 0.6) is 0 Å². The van der Waals surface area contributed by atoms with Crippen molar-refractivity contribution in [1.29, 1.82) is 0 Å². The van der Waals surface area contributed by atoms with Crippen LogP contribution in [0, 0.1) is 0 Å². The lowest BCUT2D eigenvalue weighted by atomic mass is 10.2. The van der Waals surface area contributed by atoms with Crippen LogP contribution in [-0.4, -0.2) is 16.0 Å². The highest BCUT2D eigenvalue weighted by Gasteiger charge is 2.17. The number of hydrogen-bond acceptors (Lipinski definition) is 5. The van der Waals surface area contributed by atoms with Crippen LogP contribution in [0.4, 0.5) is 0 Å². The summed E-state index contributed by atoms with van der Waals surface area (Å²) < 4.78 is 6.78. The van der Waals surface area contributed by atoms with Crippen LogP contribution in [0.3, 0.4) is 0 Å². The first-order chi connectivity index (χ1) is 9.29. The Hall–Kier alpha value is -1.04. The molecule has 0 aliphatic heterocycles. The number of thioether (sulfide) groups is 1. The Morgan fingerprint density at radius 3 is 2.95 bits per heavy atom. The molecule has 1 aromatic carbocycles. The quantitative estimate of drug-likeness (QED) is 0.628. The molecule has 0 aliphatic carbocycles. The van der Waals surface area contributed by atoms with E-state index < -0.39 is 0 Å². The van der Waals surface area contributed by atoms with Gasteiger partial charge in [-0.2, -0.15) is 0 Å². The summed E-state index contributed by atoms with van der Waals surface area (Å²) in [5.41, 5.74) is 0. The molecule has 0 saturated carbocycles. The van der Waals surface area contributed by atoms with Crippen LogP contribution >= 0.6 is 34.7 Å². The number of rotatable bonds is 4. The Morgan fingerprint density at radius 2 is 2.16 bits per heavy atom. The zero-order valence-electron chi connectivity index (χ0n) is 10.2. The lowest BCUT2D eigenvalue weighted by molar-refractivity contribution is 0.467. The van der Waals surface area contributed by atoms with Crippen molar-refractivity contribution >= 4 is 44.8 Å². The molecule has 0 aliphatic rings. The molecule has 0 fully saturated rings. The van der Waals surface area contributed by atoms with E-state index in [1.165, 1.54) is 0 Å². The first kappa shape index (κ1) is 13.0. The average Bonchev–Trinajstić information content (AvgIpc) is 3.02. The normalized spacial score (nSPS) is 11.3. The molecule has 0 amide bonds. The predicted molar refractivity (Wildman–Crippen MR) is 81.1 cm³/mol. The number of thiophene rings is 1. The van der Waals surface area contributed by atoms with Crippen LogP contribution in [0.25, 0.3) is 20.9 Å². The van der Waals surface area contributed by atoms with Crippen molar-refractivity contribution in [3.05, 3.63) is 29.3 Å². The number of nitrogens with zero attached hydrogens (tertiary/aromatic N) is 2. The first-order valence-corrected chi connectivity index (χ1v) is 8.11. The van der Waals surface area contributed by atoms with Gasteiger partial charge >= 0.3 is 0 Å². The highest BCUT2D eigenvalue weighted by molar-refractivity contribution is 7.99. The van der Waals surface area contributed by atoms with Crippen LogP contribution in [0.15, 0.2) is 33.9 Å². The van der Waals surface area contributed by atoms with Gasteiger partial charge in [-0.3, -0.25) is 0 Å². The summed E-state index contributed by atoms with van der Waals surface area (Å²) in [7, 11) is 0. The fraction of sp³-hybridized carbons (Fsp3) is 0.231. The summed E-state index contributed by atoms with van der Waals surface area (Å²) in [5.74, 6) is 1.48. The van der Waals surface area contributed by atoms with Crippen molar-refractivity contribution in [2.75, 3.05) is 5.75 Å². The summed E-state index contributed by atoms with van der Waals surface area (Å²) in [5, 5.41) is 10.4. The van der Waals surface area contributed by atoms with E-state index >= 15 is 0 Å². The molecular weight excluding hydrogens is 300 g/mol. The van der Waals surface area contributed by atoms with E-state index in [0.29, 0.717) is 16.1 Å². The molecule has 3 aromatic rings. The van der Waals surface area contributed by atoms with E-state index in [2.05, 4.69) is 17.1 Å². The molecule has 0 N–H and O–H groups in total. The molecule has 0 spiro atoms. The maximum absolute atomic E-state index is 6.38. The van der Waals surface area contributed by atoms with Crippen molar-refractivity contribution in [3.63, 3.8) is 0 Å². The molecule has 0 saturated heterocycles. The van der Waals surface area contributed by atoms with Gasteiger partial charge < -0.3 is 4.42 Å². The van der Waals surface area contributed by atoms with Crippen molar-refractivity contribution in [2.45, 2.75) is 18.6 Å². The zero-order valence-corrected chi connectivity index (χ0v) is 12.6. The van der Waals surface area contributed by atoms with Gasteiger partial charge in [0.15, 0.2) is 0 Å². The summed E-state index contributed by atoms with van der Waals surface area (Å²) in [6.45, 7) is 2.12. The number of halogens is 1. The Labute approximate surface area is 124 Å². The molecule has 2 aromatic heterocycles. The fourth-order valence-corrected chi connectivity index (χ4v) is 3.75.